The number of hydrogen-bond acceptors (Lipinski definition) is 4. The van der Waals surface area contributed by atoms with Crippen LogP contribution in [0.5, 0.6) is 0 Å². The molecule has 8 heteroatoms. The van der Waals surface area contributed by atoms with Crippen molar-refractivity contribution < 1.29 is 13.6 Å². The highest BCUT2D eigenvalue weighted by molar-refractivity contribution is 7.99. The lowest BCUT2D eigenvalue weighted by Gasteiger charge is -2.11. The topological polar surface area (TPSA) is 59.8 Å². The third-order valence-corrected chi connectivity index (χ3v) is 4.64. The van der Waals surface area contributed by atoms with E-state index in [1.54, 1.807) is 0 Å². The van der Waals surface area contributed by atoms with Crippen LogP contribution in [0.25, 0.3) is 5.69 Å². The largest absolute Gasteiger partial charge is 0.320 e. The summed E-state index contributed by atoms with van der Waals surface area (Å²) in [5.41, 5.74) is 1.50. The molecule has 3 aromatic rings. The summed E-state index contributed by atoms with van der Waals surface area (Å²) < 4.78 is 29.1. The summed E-state index contributed by atoms with van der Waals surface area (Å²) in [5, 5.41) is 10.9. The van der Waals surface area contributed by atoms with Crippen molar-refractivity contribution in [2.45, 2.75) is 19.0 Å². The highest BCUT2D eigenvalue weighted by Crippen LogP contribution is 2.24. The van der Waals surface area contributed by atoms with Crippen molar-refractivity contribution in [2.75, 3.05) is 11.1 Å². The number of hydrogen-bond donors (Lipinski definition) is 1. The zero-order chi connectivity index (χ0) is 18.7. The number of rotatable bonds is 5. The van der Waals surface area contributed by atoms with Gasteiger partial charge < -0.3 is 5.32 Å². The molecule has 0 saturated carbocycles. The molecule has 0 atom stereocenters. The van der Waals surface area contributed by atoms with Gasteiger partial charge in [-0.3, -0.25) is 9.36 Å². The molecule has 1 aromatic heterocycles. The molecule has 0 bridgehead atoms. The van der Waals surface area contributed by atoms with Gasteiger partial charge in [-0.15, -0.1) is 10.2 Å². The van der Waals surface area contributed by atoms with Gasteiger partial charge in [-0.25, -0.2) is 8.78 Å². The molecule has 1 amide bonds. The number of carbonyl (C=O) groups excluding carboxylic acids is 1. The Kier molecular flexibility index (Phi) is 5.32. The number of nitrogens with one attached hydrogen (secondary N) is 1. The summed E-state index contributed by atoms with van der Waals surface area (Å²) in [6.45, 7) is 3.79. The number of halogens is 2. The van der Waals surface area contributed by atoms with Gasteiger partial charge in [0.25, 0.3) is 0 Å². The fraction of sp³-hybridized carbons (Fsp3) is 0.167. The van der Waals surface area contributed by atoms with E-state index in [9.17, 15) is 13.6 Å². The van der Waals surface area contributed by atoms with Crippen molar-refractivity contribution in [3.63, 3.8) is 0 Å². The fourth-order valence-corrected chi connectivity index (χ4v) is 3.24. The van der Waals surface area contributed by atoms with Gasteiger partial charge in [0, 0.05) is 0 Å². The molecule has 0 fully saturated rings. The second-order valence-corrected chi connectivity index (χ2v) is 6.53. The molecule has 2 aromatic carbocycles. The Bertz CT molecular complexity index is 938. The third kappa shape index (κ3) is 3.75. The standard InChI is InChI=1S/C18H16F2N4OS/c1-11-6-3-4-9-15(11)24-12(2)22-23-18(24)26-10-16(25)21-17-13(19)7-5-8-14(17)20/h3-9H,10H2,1-2H3,(H,21,25). The van der Waals surface area contributed by atoms with Crippen LogP contribution in [0.3, 0.4) is 0 Å². The van der Waals surface area contributed by atoms with E-state index in [1.165, 1.54) is 6.07 Å². The lowest BCUT2D eigenvalue weighted by atomic mass is 10.2. The lowest BCUT2D eigenvalue weighted by molar-refractivity contribution is -0.113. The first-order valence-electron chi connectivity index (χ1n) is 7.82. The Morgan fingerprint density at radius 1 is 1.08 bits per heavy atom. The Morgan fingerprint density at radius 2 is 1.77 bits per heavy atom. The van der Waals surface area contributed by atoms with Crippen LogP contribution in [0.2, 0.25) is 0 Å². The van der Waals surface area contributed by atoms with E-state index in [4.69, 9.17) is 0 Å². The lowest BCUT2D eigenvalue weighted by Crippen LogP contribution is -2.16. The first-order chi connectivity index (χ1) is 12.5. The van der Waals surface area contributed by atoms with Gasteiger partial charge in [-0.1, -0.05) is 36.0 Å². The molecule has 5 nitrogen and oxygen atoms in total. The molecule has 0 spiro atoms. The van der Waals surface area contributed by atoms with Crippen LogP contribution < -0.4 is 5.32 Å². The second kappa shape index (κ2) is 7.65. The molecule has 0 aliphatic rings. The molecule has 0 aliphatic heterocycles. The minimum Gasteiger partial charge on any atom is -0.320 e. The van der Waals surface area contributed by atoms with Gasteiger partial charge in [0.2, 0.25) is 5.91 Å². The summed E-state index contributed by atoms with van der Waals surface area (Å²) in [5.74, 6) is -1.54. The van der Waals surface area contributed by atoms with Crippen molar-refractivity contribution in [1.29, 1.82) is 0 Å². The molecule has 0 saturated heterocycles. The number of para-hydroxylation sites is 2. The van der Waals surface area contributed by atoms with Gasteiger partial charge in [-0.05, 0) is 37.6 Å². The van der Waals surface area contributed by atoms with Gasteiger partial charge in [0.15, 0.2) is 5.16 Å². The highest BCUT2D eigenvalue weighted by atomic mass is 32.2. The van der Waals surface area contributed by atoms with Crippen LogP contribution in [0.1, 0.15) is 11.4 Å². The second-order valence-electron chi connectivity index (χ2n) is 5.59. The average molecular weight is 374 g/mol. The van der Waals surface area contributed by atoms with Gasteiger partial charge in [-0.2, -0.15) is 0 Å². The van der Waals surface area contributed by atoms with E-state index in [1.807, 2.05) is 42.7 Å². The fourth-order valence-electron chi connectivity index (χ4n) is 2.45. The minimum absolute atomic E-state index is 0.0577. The monoisotopic (exact) mass is 374 g/mol. The van der Waals surface area contributed by atoms with Crippen LogP contribution in [-0.4, -0.2) is 26.4 Å². The Labute approximate surface area is 153 Å². The summed E-state index contributed by atoms with van der Waals surface area (Å²) in [6.07, 6.45) is 0. The molecule has 3 rings (SSSR count). The predicted octanol–water partition coefficient (Wildman–Crippen LogP) is 3.89. The maximum absolute atomic E-state index is 13.6. The summed E-state index contributed by atoms with van der Waals surface area (Å²) in [6, 6.07) is 11.2. The summed E-state index contributed by atoms with van der Waals surface area (Å²) in [7, 11) is 0. The normalized spacial score (nSPS) is 10.8. The van der Waals surface area contributed by atoms with E-state index in [0.717, 1.165) is 35.1 Å². The number of amides is 1. The molecule has 134 valence electrons. The highest BCUT2D eigenvalue weighted by Gasteiger charge is 2.16. The van der Waals surface area contributed by atoms with Crippen molar-refractivity contribution >= 4 is 23.4 Å². The number of nitrogens with zero attached hydrogens (tertiary/aromatic N) is 3. The number of aromatic nitrogens is 3. The molecule has 0 radical (unpaired) electrons. The van der Waals surface area contributed by atoms with Crippen LogP contribution in [0, 0.1) is 25.5 Å². The number of anilines is 1. The number of carbonyl (C=O) groups is 1. The van der Waals surface area contributed by atoms with E-state index >= 15 is 0 Å². The molecule has 1 N–H and O–H groups in total. The number of thioether (sulfide) groups is 1. The summed E-state index contributed by atoms with van der Waals surface area (Å²) >= 11 is 1.14. The van der Waals surface area contributed by atoms with Gasteiger partial charge in [0.05, 0.1) is 11.4 Å². The molecule has 0 aliphatic carbocycles. The maximum Gasteiger partial charge on any atom is 0.235 e. The number of aryl methyl sites for hydroxylation is 2. The molecule has 0 unspecified atom stereocenters. The average Bonchev–Trinajstić information content (AvgIpc) is 2.97. The molecule has 1 heterocycles. The van der Waals surface area contributed by atoms with Crippen molar-refractivity contribution in [2.24, 2.45) is 0 Å². The quantitative estimate of drug-likeness (QED) is 0.688. The van der Waals surface area contributed by atoms with Crippen molar-refractivity contribution in [1.82, 2.24) is 14.8 Å². The SMILES string of the molecule is Cc1ccccc1-n1c(C)nnc1SCC(=O)Nc1c(F)cccc1F. The molecule has 26 heavy (non-hydrogen) atoms. The van der Waals surface area contributed by atoms with Gasteiger partial charge >= 0.3 is 0 Å². The zero-order valence-electron chi connectivity index (χ0n) is 14.2. The first kappa shape index (κ1) is 18.1. The Morgan fingerprint density at radius 3 is 2.46 bits per heavy atom. The zero-order valence-corrected chi connectivity index (χ0v) is 15.0. The minimum atomic E-state index is -0.817. The van der Waals surface area contributed by atoms with E-state index < -0.39 is 23.2 Å². The smallest absolute Gasteiger partial charge is 0.235 e. The molecular weight excluding hydrogens is 358 g/mol. The van der Waals surface area contributed by atoms with Crippen LogP contribution in [0.15, 0.2) is 47.6 Å². The maximum atomic E-state index is 13.6. The van der Waals surface area contributed by atoms with Gasteiger partial charge in [0.1, 0.15) is 23.1 Å². The summed E-state index contributed by atoms with van der Waals surface area (Å²) in [4.78, 5) is 12.1. The van der Waals surface area contributed by atoms with Crippen LogP contribution in [0.4, 0.5) is 14.5 Å². The third-order valence-electron chi connectivity index (χ3n) is 3.71. The van der Waals surface area contributed by atoms with E-state index in [2.05, 4.69) is 15.5 Å². The van der Waals surface area contributed by atoms with Crippen molar-refractivity contribution in [3.8, 4) is 5.69 Å². The Hall–Kier alpha value is -2.74. The molecular formula is C18H16F2N4OS. The van der Waals surface area contributed by atoms with E-state index in [-0.39, 0.29) is 5.75 Å². The first-order valence-corrected chi connectivity index (χ1v) is 8.80. The predicted molar refractivity (Wildman–Crippen MR) is 96.5 cm³/mol. The van der Waals surface area contributed by atoms with E-state index in [0.29, 0.717) is 11.0 Å². The van der Waals surface area contributed by atoms with Crippen LogP contribution in [-0.2, 0) is 4.79 Å². The Balaban J connectivity index is 1.75. The number of benzene rings is 2. The van der Waals surface area contributed by atoms with Crippen molar-refractivity contribution in [3.05, 3.63) is 65.5 Å². The van der Waals surface area contributed by atoms with Crippen LogP contribution >= 0.6 is 11.8 Å².